The molecule has 0 unspecified atom stereocenters. The number of hydrogen-bond donors (Lipinski definition) is 0. The Morgan fingerprint density at radius 2 is 1.00 bits per heavy atom. The topological polar surface area (TPSA) is 0 Å². The Bertz CT molecular complexity index is 124. The third-order valence-corrected chi connectivity index (χ3v) is 3.02. The molecule has 0 bridgehead atoms. The first-order valence-corrected chi connectivity index (χ1v) is 4.73. The molecule has 0 aliphatic heterocycles. The van der Waals surface area contributed by atoms with Crippen LogP contribution in [0, 0.1) is 22.7 Å². The standard InChI is InChI=1S/C11H22/c1-10(2,3)8-7-9(8)11(4,5)6/h8-9H,7H2,1-6H3/t8-,9-/m1/s1. The monoisotopic (exact) mass is 154 g/mol. The van der Waals surface area contributed by atoms with Crippen molar-refractivity contribution < 1.29 is 0 Å². The Kier molecular flexibility index (Phi) is 1.85. The predicted molar refractivity (Wildman–Crippen MR) is 50.5 cm³/mol. The van der Waals surface area contributed by atoms with Crippen molar-refractivity contribution in [3.8, 4) is 0 Å². The molecule has 0 heteroatoms. The van der Waals surface area contributed by atoms with E-state index < -0.39 is 0 Å². The molecule has 0 aromatic rings. The van der Waals surface area contributed by atoms with E-state index in [2.05, 4.69) is 41.5 Å². The van der Waals surface area contributed by atoms with Crippen LogP contribution in [0.1, 0.15) is 48.0 Å². The second kappa shape index (κ2) is 2.24. The number of rotatable bonds is 0. The molecule has 0 aromatic heterocycles. The quantitative estimate of drug-likeness (QED) is 0.499. The van der Waals surface area contributed by atoms with E-state index in [1.165, 1.54) is 6.42 Å². The Balaban J connectivity index is 2.51. The molecule has 0 N–H and O–H groups in total. The molecule has 1 aliphatic rings. The van der Waals surface area contributed by atoms with Crippen molar-refractivity contribution in [1.29, 1.82) is 0 Å². The van der Waals surface area contributed by atoms with E-state index in [0.717, 1.165) is 11.8 Å². The predicted octanol–water partition coefficient (Wildman–Crippen LogP) is 3.71. The molecule has 1 fully saturated rings. The summed E-state index contributed by atoms with van der Waals surface area (Å²) < 4.78 is 0. The fraction of sp³-hybridized carbons (Fsp3) is 1.00. The first-order valence-electron chi connectivity index (χ1n) is 4.73. The lowest BCUT2D eigenvalue weighted by Gasteiger charge is -2.24. The van der Waals surface area contributed by atoms with Crippen molar-refractivity contribution in [3.63, 3.8) is 0 Å². The molecule has 2 atom stereocenters. The largest absolute Gasteiger partial charge is 0.0599 e. The van der Waals surface area contributed by atoms with Crippen molar-refractivity contribution in [1.82, 2.24) is 0 Å². The zero-order valence-electron chi connectivity index (χ0n) is 8.86. The van der Waals surface area contributed by atoms with Crippen LogP contribution >= 0.6 is 0 Å². The molecule has 1 saturated carbocycles. The zero-order chi connectivity index (χ0) is 8.86. The lowest BCUT2D eigenvalue weighted by molar-refractivity contribution is 0.254. The summed E-state index contributed by atoms with van der Waals surface area (Å²) in [5.74, 6) is 1.95. The van der Waals surface area contributed by atoms with E-state index in [9.17, 15) is 0 Å². The molecule has 0 amide bonds. The molecule has 0 saturated heterocycles. The summed E-state index contributed by atoms with van der Waals surface area (Å²) in [6.07, 6.45) is 1.45. The van der Waals surface area contributed by atoms with Gasteiger partial charge in [0.25, 0.3) is 0 Å². The van der Waals surface area contributed by atoms with E-state index in [4.69, 9.17) is 0 Å². The van der Waals surface area contributed by atoms with Crippen molar-refractivity contribution >= 4 is 0 Å². The highest BCUT2D eigenvalue weighted by molar-refractivity contribution is 4.99. The zero-order valence-corrected chi connectivity index (χ0v) is 8.86. The molecule has 0 spiro atoms. The maximum Gasteiger partial charge on any atom is -0.0329 e. The normalized spacial score (nSPS) is 32.2. The van der Waals surface area contributed by atoms with Gasteiger partial charge in [0.2, 0.25) is 0 Å². The summed E-state index contributed by atoms with van der Waals surface area (Å²) in [7, 11) is 0. The van der Waals surface area contributed by atoms with Gasteiger partial charge in [-0.15, -0.1) is 0 Å². The molecule has 66 valence electrons. The highest BCUT2D eigenvalue weighted by atomic mass is 14.5. The van der Waals surface area contributed by atoms with Gasteiger partial charge in [0.1, 0.15) is 0 Å². The van der Waals surface area contributed by atoms with Crippen LogP contribution in [0.5, 0.6) is 0 Å². The third kappa shape index (κ3) is 1.98. The van der Waals surface area contributed by atoms with Gasteiger partial charge in [0.15, 0.2) is 0 Å². The molecule has 1 rings (SSSR count). The smallest absolute Gasteiger partial charge is 0.0329 e. The van der Waals surface area contributed by atoms with Crippen molar-refractivity contribution in [2.75, 3.05) is 0 Å². The van der Waals surface area contributed by atoms with E-state index >= 15 is 0 Å². The van der Waals surface area contributed by atoms with Crippen LogP contribution in [0.25, 0.3) is 0 Å². The second-order valence-corrected chi connectivity index (χ2v) is 6.18. The maximum atomic E-state index is 2.36. The number of hydrogen-bond acceptors (Lipinski definition) is 0. The van der Waals surface area contributed by atoms with Crippen molar-refractivity contribution in [2.24, 2.45) is 22.7 Å². The van der Waals surface area contributed by atoms with Gasteiger partial charge in [-0.2, -0.15) is 0 Å². The van der Waals surface area contributed by atoms with E-state index in [-0.39, 0.29) is 0 Å². The lowest BCUT2D eigenvalue weighted by Crippen LogP contribution is -2.16. The SMILES string of the molecule is CC(C)(C)[C@@H]1C[C@H]1C(C)(C)C. The van der Waals surface area contributed by atoms with Crippen LogP contribution in [0.4, 0.5) is 0 Å². The van der Waals surface area contributed by atoms with Crippen LogP contribution in [-0.4, -0.2) is 0 Å². The van der Waals surface area contributed by atoms with Gasteiger partial charge in [0, 0.05) is 0 Å². The van der Waals surface area contributed by atoms with Gasteiger partial charge >= 0.3 is 0 Å². The van der Waals surface area contributed by atoms with Gasteiger partial charge in [-0.1, -0.05) is 41.5 Å². The van der Waals surface area contributed by atoms with E-state index in [1.807, 2.05) is 0 Å². The lowest BCUT2D eigenvalue weighted by atomic mass is 9.81. The maximum absolute atomic E-state index is 2.36. The fourth-order valence-corrected chi connectivity index (χ4v) is 2.11. The van der Waals surface area contributed by atoms with Crippen LogP contribution in [-0.2, 0) is 0 Å². The first-order chi connectivity index (χ1) is 4.73. The molecular formula is C11H22. The molecule has 0 nitrogen and oxygen atoms in total. The summed E-state index contributed by atoms with van der Waals surface area (Å²) in [5.41, 5.74) is 1.08. The van der Waals surface area contributed by atoms with Gasteiger partial charge in [-0.05, 0) is 29.1 Å². The van der Waals surface area contributed by atoms with Crippen molar-refractivity contribution in [3.05, 3.63) is 0 Å². The first kappa shape index (κ1) is 9.09. The third-order valence-electron chi connectivity index (χ3n) is 3.02. The molecule has 0 heterocycles. The van der Waals surface area contributed by atoms with Crippen LogP contribution in [0.2, 0.25) is 0 Å². The Hall–Kier alpha value is 0. The van der Waals surface area contributed by atoms with E-state index in [0.29, 0.717) is 10.8 Å². The minimum atomic E-state index is 0.540. The Morgan fingerprint density at radius 1 is 0.727 bits per heavy atom. The van der Waals surface area contributed by atoms with Gasteiger partial charge in [0.05, 0.1) is 0 Å². The van der Waals surface area contributed by atoms with E-state index in [1.54, 1.807) is 0 Å². The molecular weight excluding hydrogens is 132 g/mol. The van der Waals surface area contributed by atoms with Gasteiger partial charge in [-0.25, -0.2) is 0 Å². The molecule has 0 radical (unpaired) electrons. The van der Waals surface area contributed by atoms with Crippen LogP contribution in [0.15, 0.2) is 0 Å². The van der Waals surface area contributed by atoms with Gasteiger partial charge in [-0.3, -0.25) is 0 Å². The van der Waals surface area contributed by atoms with Crippen molar-refractivity contribution in [2.45, 2.75) is 48.0 Å². The van der Waals surface area contributed by atoms with Gasteiger partial charge < -0.3 is 0 Å². The fourth-order valence-electron chi connectivity index (χ4n) is 2.11. The van der Waals surface area contributed by atoms with Crippen LogP contribution < -0.4 is 0 Å². The minimum Gasteiger partial charge on any atom is -0.0599 e. The Morgan fingerprint density at radius 3 is 1.09 bits per heavy atom. The minimum absolute atomic E-state index is 0.540. The molecule has 0 aromatic carbocycles. The summed E-state index contributed by atoms with van der Waals surface area (Å²) in [6.45, 7) is 14.2. The summed E-state index contributed by atoms with van der Waals surface area (Å²) in [6, 6.07) is 0. The summed E-state index contributed by atoms with van der Waals surface area (Å²) in [4.78, 5) is 0. The van der Waals surface area contributed by atoms with Crippen LogP contribution in [0.3, 0.4) is 0 Å². The summed E-state index contributed by atoms with van der Waals surface area (Å²) in [5, 5.41) is 0. The molecule has 11 heavy (non-hydrogen) atoms. The average molecular weight is 154 g/mol. The average Bonchev–Trinajstić information content (AvgIpc) is 2.30. The molecule has 1 aliphatic carbocycles. The Labute approximate surface area is 71.4 Å². The highest BCUT2D eigenvalue weighted by Crippen LogP contribution is 2.58. The second-order valence-electron chi connectivity index (χ2n) is 6.18. The highest BCUT2D eigenvalue weighted by Gasteiger charge is 2.50. The summed E-state index contributed by atoms with van der Waals surface area (Å²) >= 11 is 0.